The van der Waals surface area contributed by atoms with E-state index in [2.05, 4.69) is 34.9 Å². The minimum Gasteiger partial charge on any atom is -0.368 e. The number of rotatable bonds is 7. The summed E-state index contributed by atoms with van der Waals surface area (Å²) in [5, 5.41) is 9.96. The number of hydrogen-bond donors (Lipinski definition) is 0. The van der Waals surface area contributed by atoms with Gasteiger partial charge in [0.2, 0.25) is 0 Å². The maximum absolute atomic E-state index is 13.6. The maximum Gasteiger partial charge on any atom is 0.270 e. The second kappa shape index (κ2) is 12.0. The Bertz CT molecular complexity index is 1600. The van der Waals surface area contributed by atoms with Crippen molar-refractivity contribution in [3.8, 4) is 6.07 Å². The first kappa shape index (κ1) is 29.4. The third kappa shape index (κ3) is 5.80. The Kier molecular flexibility index (Phi) is 8.59. The van der Waals surface area contributed by atoms with Crippen molar-refractivity contribution >= 4 is 61.6 Å². The number of hydrogen-bond acceptors (Lipinski definition) is 9. The molecule has 1 aromatic heterocycles. The van der Waals surface area contributed by atoms with Gasteiger partial charge in [0.25, 0.3) is 11.5 Å². The van der Waals surface area contributed by atoms with E-state index < -0.39 is 15.9 Å². The Morgan fingerprint density at radius 2 is 1.80 bits per heavy atom. The minimum absolute atomic E-state index is 0.0416. The summed E-state index contributed by atoms with van der Waals surface area (Å²) in [5.41, 5.74) is 2.07. The predicted octanol–water partition coefficient (Wildman–Crippen LogP) is 3.54. The van der Waals surface area contributed by atoms with Gasteiger partial charge in [0.15, 0.2) is 9.84 Å². The Labute approximate surface area is 250 Å². The summed E-state index contributed by atoms with van der Waals surface area (Å²) in [6, 6.07) is 11.8. The number of thioether (sulfide) groups is 1. The molecule has 12 heteroatoms. The Morgan fingerprint density at radius 1 is 1.12 bits per heavy atom. The number of para-hydroxylation sites is 1. The Morgan fingerprint density at radius 3 is 2.41 bits per heavy atom. The highest BCUT2D eigenvalue weighted by Crippen LogP contribution is 2.38. The van der Waals surface area contributed by atoms with Crippen molar-refractivity contribution in [1.29, 1.82) is 5.26 Å². The van der Waals surface area contributed by atoms with E-state index in [1.54, 1.807) is 17.6 Å². The van der Waals surface area contributed by atoms with Gasteiger partial charge in [0, 0.05) is 44.0 Å². The number of thiocarbonyl (C=S) groups is 1. The van der Waals surface area contributed by atoms with Crippen molar-refractivity contribution < 1.29 is 13.2 Å². The van der Waals surface area contributed by atoms with Crippen LogP contribution >= 0.6 is 24.0 Å². The first-order chi connectivity index (χ1) is 19.6. The second-order valence-electron chi connectivity index (χ2n) is 10.6. The fourth-order valence-electron chi connectivity index (χ4n) is 5.73. The molecular formula is C29H33N5O4S3. The van der Waals surface area contributed by atoms with E-state index in [1.165, 1.54) is 4.90 Å². The van der Waals surface area contributed by atoms with Gasteiger partial charge < -0.3 is 9.80 Å². The topological polar surface area (TPSA) is 107 Å². The predicted molar refractivity (Wildman–Crippen MR) is 168 cm³/mol. The Hall–Kier alpha value is -3.14. The van der Waals surface area contributed by atoms with E-state index >= 15 is 0 Å². The van der Waals surface area contributed by atoms with Gasteiger partial charge in [0.1, 0.15) is 21.8 Å². The van der Waals surface area contributed by atoms with Crippen molar-refractivity contribution in [3.63, 3.8) is 0 Å². The molecule has 0 bridgehead atoms. The molecule has 5 rings (SSSR count). The molecule has 1 atom stereocenters. The van der Waals surface area contributed by atoms with E-state index in [4.69, 9.17) is 12.2 Å². The van der Waals surface area contributed by atoms with Crippen LogP contribution in [0, 0.1) is 18.3 Å². The molecule has 3 fully saturated rings. The highest BCUT2D eigenvalue weighted by atomic mass is 32.2. The van der Waals surface area contributed by atoms with Gasteiger partial charge in [-0.2, -0.15) is 5.26 Å². The van der Waals surface area contributed by atoms with Crippen LogP contribution in [-0.2, 0) is 21.2 Å². The number of benzene rings is 1. The third-order valence-electron chi connectivity index (χ3n) is 7.95. The molecule has 0 radical (unpaired) electrons. The SMILES string of the molecule is CCCCn1c(N2CCN(c3ccccc3)CC2)c(/C=C2\SC(=S)N(C3CCS(=O)(=O)C3)C2=O)c(C)c(C#N)c1=O. The van der Waals surface area contributed by atoms with Gasteiger partial charge in [-0.25, -0.2) is 8.42 Å². The molecule has 9 nitrogen and oxygen atoms in total. The number of carbonyl (C=O) groups is 1. The summed E-state index contributed by atoms with van der Waals surface area (Å²) < 4.78 is 26.3. The van der Waals surface area contributed by atoms with E-state index in [0.29, 0.717) is 52.2 Å². The lowest BCUT2D eigenvalue weighted by Gasteiger charge is -2.39. The summed E-state index contributed by atoms with van der Waals surface area (Å²) in [6.45, 7) is 7.09. The minimum atomic E-state index is -3.20. The molecule has 1 unspecified atom stereocenters. The molecule has 41 heavy (non-hydrogen) atoms. The van der Waals surface area contributed by atoms with Crippen molar-refractivity contribution in [2.45, 2.75) is 45.7 Å². The molecule has 3 aliphatic heterocycles. The number of piperazine rings is 1. The molecule has 1 amide bonds. The molecule has 216 valence electrons. The summed E-state index contributed by atoms with van der Waals surface area (Å²) in [6.07, 6.45) is 3.75. The molecule has 3 aliphatic rings. The molecular weight excluding hydrogens is 579 g/mol. The summed E-state index contributed by atoms with van der Waals surface area (Å²) in [4.78, 5) is 33.5. The first-order valence-corrected chi connectivity index (χ1v) is 16.9. The van der Waals surface area contributed by atoms with Crippen molar-refractivity contribution in [1.82, 2.24) is 9.47 Å². The number of nitriles is 1. The van der Waals surface area contributed by atoms with Crippen molar-refractivity contribution in [2.24, 2.45) is 0 Å². The van der Waals surface area contributed by atoms with Crippen LogP contribution in [0.1, 0.15) is 42.9 Å². The molecule has 0 aliphatic carbocycles. The quantitative estimate of drug-likeness (QED) is 0.343. The van der Waals surface area contributed by atoms with Crippen molar-refractivity contribution in [3.05, 3.63) is 62.3 Å². The van der Waals surface area contributed by atoms with Gasteiger partial charge in [-0.1, -0.05) is 55.5 Å². The smallest absolute Gasteiger partial charge is 0.270 e. The zero-order valence-corrected chi connectivity index (χ0v) is 25.7. The van der Waals surface area contributed by atoms with Gasteiger partial charge in [-0.3, -0.25) is 19.1 Å². The zero-order valence-electron chi connectivity index (χ0n) is 23.2. The lowest BCUT2D eigenvalue weighted by molar-refractivity contribution is -0.123. The zero-order chi connectivity index (χ0) is 29.3. The number of sulfone groups is 1. The highest BCUT2D eigenvalue weighted by Gasteiger charge is 2.42. The number of nitrogens with zero attached hydrogens (tertiary/aromatic N) is 5. The van der Waals surface area contributed by atoms with Crippen LogP contribution in [0.3, 0.4) is 0 Å². The second-order valence-corrected chi connectivity index (χ2v) is 14.5. The van der Waals surface area contributed by atoms with Crippen LogP contribution in [0.2, 0.25) is 0 Å². The van der Waals surface area contributed by atoms with Crippen LogP contribution in [0.25, 0.3) is 6.08 Å². The van der Waals surface area contributed by atoms with Gasteiger partial charge in [-0.05, 0) is 43.5 Å². The van der Waals surface area contributed by atoms with Crippen LogP contribution in [-0.4, -0.2) is 71.8 Å². The molecule has 1 aromatic carbocycles. The van der Waals surface area contributed by atoms with Crippen LogP contribution < -0.4 is 15.4 Å². The van der Waals surface area contributed by atoms with Crippen LogP contribution in [0.5, 0.6) is 0 Å². The monoisotopic (exact) mass is 611 g/mol. The van der Waals surface area contributed by atoms with Gasteiger partial charge in [0.05, 0.1) is 22.5 Å². The number of aromatic nitrogens is 1. The molecule has 0 N–H and O–H groups in total. The van der Waals surface area contributed by atoms with Crippen molar-refractivity contribution in [2.75, 3.05) is 47.5 Å². The van der Waals surface area contributed by atoms with E-state index in [-0.39, 0.29) is 28.5 Å². The average Bonchev–Trinajstić information content (AvgIpc) is 3.46. The van der Waals surface area contributed by atoms with E-state index in [1.807, 2.05) is 18.2 Å². The molecule has 3 saturated heterocycles. The number of pyridine rings is 1. The molecule has 2 aromatic rings. The van der Waals surface area contributed by atoms with E-state index in [9.17, 15) is 23.3 Å². The normalized spacial score (nSPS) is 21.6. The molecule has 0 spiro atoms. The van der Waals surface area contributed by atoms with Crippen LogP contribution in [0.4, 0.5) is 11.5 Å². The third-order valence-corrected chi connectivity index (χ3v) is 11.0. The number of anilines is 2. The summed E-state index contributed by atoms with van der Waals surface area (Å²) in [5.74, 6) is 0.329. The number of carbonyl (C=O) groups excluding carboxylic acids is 1. The fourth-order valence-corrected chi connectivity index (χ4v) is 8.81. The number of unbranched alkanes of at least 4 members (excludes halogenated alkanes) is 1. The fraction of sp³-hybridized carbons (Fsp3) is 0.448. The largest absolute Gasteiger partial charge is 0.368 e. The summed E-state index contributed by atoms with van der Waals surface area (Å²) in [7, 11) is -3.20. The van der Waals surface area contributed by atoms with E-state index in [0.717, 1.165) is 43.4 Å². The molecule has 4 heterocycles. The maximum atomic E-state index is 13.6. The average molecular weight is 612 g/mol. The first-order valence-electron chi connectivity index (χ1n) is 13.8. The standard InChI is InChI=1S/C29H33N5O4S3/c1-3-4-11-33-26(32-14-12-31(13-15-32)21-8-6-5-7-9-21)23(20(2)24(18-30)27(33)35)17-25-28(36)34(29(39)40-25)22-10-16-41(37,38)19-22/h5-9,17,22H,3-4,10-16,19H2,1-2H3/b25-17-. The summed E-state index contributed by atoms with van der Waals surface area (Å²) >= 11 is 6.68. The van der Waals surface area contributed by atoms with Crippen LogP contribution in [0.15, 0.2) is 40.0 Å². The number of amides is 1. The highest BCUT2D eigenvalue weighted by molar-refractivity contribution is 8.26. The molecule has 0 saturated carbocycles. The lowest BCUT2D eigenvalue weighted by atomic mass is 10.0. The lowest BCUT2D eigenvalue weighted by Crippen LogP contribution is -2.48. The van der Waals surface area contributed by atoms with Gasteiger partial charge in [-0.15, -0.1) is 0 Å². The Balaban J connectivity index is 1.56. The van der Waals surface area contributed by atoms with Gasteiger partial charge >= 0.3 is 0 Å².